The Morgan fingerprint density at radius 2 is 1.88 bits per heavy atom. The molecule has 1 aliphatic heterocycles. The fraction of sp³-hybridized carbons (Fsp3) is 0.667. The first kappa shape index (κ1) is 12.2. The van der Waals surface area contributed by atoms with E-state index < -0.39 is 0 Å². The van der Waals surface area contributed by atoms with Gasteiger partial charge in [0.05, 0.1) is 6.20 Å². The number of hydrogen-bond acceptors (Lipinski definition) is 4. The molecule has 1 aliphatic rings. The minimum atomic E-state index is -0.325. The van der Waals surface area contributed by atoms with E-state index in [9.17, 15) is 4.39 Å². The fourth-order valence-electron chi connectivity index (χ4n) is 2.12. The molecule has 1 aromatic heterocycles. The summed E-state index contributed by atoms with van der Waals surface area (Å²) in [5.74, 6) is 0.738. The number of halogens is 1. The molecule has 2 heterocycles. The first-order valence-corrected chi connectivity index (χ1v) is 6.06. The molecule has 0 aromatic carbocycles. The van der Waals surface area contributed by atoms with Crippen molar-refractivity contribution in [2.24, 2.45) is 0 Å². The standard InChI is InChI=1S/C12H19FN4/c1-9(2)16-4-6-17(7-5-16)12-11(13)8-14-10(3)15-12/h8-9H,4-7H2,1-3H3. The Balaban J connectivity index is 2.07. The Morgan fingerprint density at radius 3 is 2.47 bits per heavy atom. The molecule has 4 nitrogen and oxygen atoms in total. The van der Waals surface area contributed by atoms with Gasteiger partial charge in [0, 0.05) is 32.2 Å². The summed E-state index contributed by atoms with van der Waals surface area (Å²) in [5.41, 5.74) is 0. The number of aromatic nitrogens is 2. The zero-order valence-electron chi connectivity index (χ0n) is 10.6. The third kappa shape index (κ3) is 2.72. The maximum atomic E-state index is 13.6. The van der Waals surface area contributed by atoms with Crippen molar-refractivity contribution in [2.45, 2.75) is 26.8 Å². The van der Waals surface area contributed by atoms with E-state index in [4.69, 9.17) is 0 Å². The van der Waals surface area contributed by atoms with Gasteiger partial charge in [0.15, 0.2) is 11.6 Å². The molecule has 0 amide bonds. The minimum Gasteiger partial charge on any atom is -0.352 e. The van der Waals surface area contributed by atoms with Crippen LogP contribution in [0.3, 0.4) is 0 Å². The van der Waals surface area contributed by atoms with Crippen molar-refractivity contribution in [3.8, 4) is 0 Å². The lowest BCUT2D eigenvalue weighted by atomic mass is 10.2. The van der Waals surface area contributed by atoms with Crippen molar-refractivity contribution in [1.82, 2.24) is 14.9 Å². The number of hydrogen-bond donors (Lipinski definition) is 0. The van der Waals surface area contributed by atoms with Crippen molar-refractivity contribution in [2.75, 3.05) is 31.1 Å². The van der Waals surface area contributed by atoms with Gasteiger partial charge in [0.2, 0.25) is 0 Å². The molecular formula is C12H19FN4. The Morgan fingerprint density at radius 1 is 1.24 bits per heavy atom. The predicted octanol–water partition coefficient (Wildman–Crippen LogP) is 1.45. The van der Waals surface area contributed by atoms with Crippen LogP contribution in [0.5, 0.6) is 0 Å². The van der Waals surface area contributed by atoms with E-state index >= 15 is 0 Å². The van der Waals surface area contributed by atoms with Gasteiger partial charge < -0.3 is 4.90 Å². The second-order valence-corrected chi connectivity index (χ2v) is 4.71. The third-order valence-corrected chi connectivity index (χ3v) is 3.19. The van der Waals surface area contributed by atoms with E-state index in [0.29, 0.717) is 17.7 Å². The summed E-state index contributed by atoms with van der Waals surface area (Å²) in [4.78, 5) is 12.4. The van der Waals surface area contributed by atoms with Crippen LogP contribution in [0.25, 0.3) is 0 Å². The molecule has 0 spiro atoms. The molecule has 0 aliphatic carbocycles. The first-order valence-electron chi connectivity index (χ1n) is 6.06. The van der Waals surface area contributed by atoms with Gasteiger partial charge in [-0.2, -0.15) is 0 Å². The highest BCUT2D eigenvalue weighted by Crippen LogP contribution is 2.18. The van der Waals surface area contributed by atoms with Gasteiger partial charge in [0.25, 0.3) is 0 Å². The number of piperazine rings is 1. The lowest BCUT2D eigenvalue weighted by Crippen LogP contribution is -2.49. The van der Waals surface area contributed by atoms with Crippen LogP contribution < -0.4 is 4.90 Å². The topological polar surface area (TPSA) is 32.3 Å². The van der Waals surface area contributed by atoms with Gasteiger partial charge in [-0.3, -0.25) is 4.90 Å². The van der Waals surface area contributed by atoms with E-state index in [1.165, 1.54) is 6.20 Å². The Kier molecular flexibility index (Phi) is 3.57. The monoisotopic (exact) mass is 238 g/mol. The summed E-state index contributed by atoms with van der Waals surface area (Å²) < 4.78 is 13.6. The van der Waals surface area contributed by atoms with Gasteiger partial charge in [-0.05, 0) is 20.8 Å². The summed E-state index contributed by atoms with van der Waals surface area (Å²) in [7, 11) is 0. The normalized spacial score (nSPS) is 17.8. The van der Waals surface area contributed by atoms with Gasteiger partial charge in [-0.1, -0.05) is 0 Å². The van der Waals surface area contributed by atoms with E-state index in [1.54, 1.807) is 6.92 Å². The molecular weight excluding hydrogens is 219 g/mol. The van der Waals surface area contributed by atoms with Crippen molar-refractivity contribution in [1.29, 1.82) is 0 Å². The molecule has 17 heavy (non-hydrogen) atoms. The molecule has 0 radical (unpaired) electrons. The average molecular weight is 238 g/mol. The highest BCUT2D eigenvalue weighted by molar-refractivity contribution is 5.39. The summed E-state index contributed by atoms with van der Waals surface area (Å²) in [5, 5.41) is 0. The van der Waals surface area contributed by atoms with Crippen molar-refractivity contribution in [3.05, 3.63) is 17.8 Å². The van der Waals surface area contributed by atoms with Gasteiger partial charge in [0.1, 0.15) is 5.82 Å². The van der Waals surface area contributed by atoms with Crippen molar-refractivity contribution < 1.29 is 4.39 Å². The number of anilines is 1. The molecule has 94 valence electrons. The number of nitrogens with zero attached hydrogens (tertiary/aromatic N) is 4. The SMILES string of the molecule is Cc1ncc(F)c(N2CCN(C(C)C)CC2)n1. The molecule has 2 rings (SSSR count). The van der Waals surface area contributed by atoms with Crippen molar-refractivity contribution in [3.63, 3.8) is 0 Å². The predicted molar refractivity (Wildman–Crippen MR) is 65.6 cm³/mol. The van der Waals surface area contributed by atoms with Gasteiger partial charge >= 0.3 is 0 Å². The summed E-state index contributed by atoms with van der Waals surface area (Å²) >= 11 is 0. The molecule has 1 aromatic rings. The number of aryl methyl sites for hydroxylation is 1. The highest BCUT2D eigenvalue weighted by atomic mass is 19.1. The van der Waals surface area contributed by atoms with Crippen molar-refractivity contribution >= 4 is 5.82 Å². The molecule has 0 unspecified atom stereocenters. The van der Waals surface area contributed by atoms with Crippen LogP contribution in [0.15, 0.2) is 6.20 Å². The largest absolute Gasteiger partial charge is 0.352 e. The van der Waals surface area contributed by atoms with E-state index in [0.717, 1.165) is 26.2 Å². The van der Waals surface area contributed by atoms with E-state index in [-0.39, 0.29) is 5.82 Å². The fourth-order valence-corrected chi connectivity index (χ4v) is 2.12. The quantitative estimate of drug-likeness (QED) is 0.780. The Hall–Kier alpha value is -1.23. The zero-order valence-corrected chi connectivity index (χ0v) is 10.6. The minimum absolute atomic E-state index is 0.325. The lowest BCUT2D eigenvalue weighted by Gasteiger charge is -2.37. The summed E-state index contributed by atoms with van der Waals surface area (Å²) in [6, 6.07) is 0.550. The average Bonchev–Trinajstić information content (AvgIpc) is 2.32. The zero-order chi connectivity index (χ0) is 12.4. The van der Waals surface area contributed by atoms with Crippen LogP contribution in [0.1, 0.15) is 19.7 Å². The number of rotatable bonds is 2. The third-order valence-electron chi connectivity index (χ3n) is 3.19. The maximum absolute atomic E-state index is 13.6. The van der Waals surface area contributed by atoms with Crippen LogP contribution in [0, 0.1) is 12.7 Å². The molecule has 0 N–H and O–H groups in total. The van der Waals surface area contributed by atoms with E-state index in [1.807, 2.05) is 4.90 Å². The van der Waals surface area contributed by atoms with Crippen LogP contribution in [-0.2, 0) is 0 Å². The van der Waals surface area contributed by atoms with Crippen LogP contribution in [-0.4, -0.2) is 47.1 Å². The van der Waals surface area contributed by atoms with Gasteiger partial charge in [-0.15, -0.1) is 0 Å². The summed E-state index contributed by atoms with van der Waals surface area (Å²) in [6.45, 7) is 9.72. The molecule has 0 bridgehead atoms. The molecule has 1 fully saturated rings. The van der Waals surface area contributed by atoms with Crippen LogP contribution in [0.4, 0.5) is 10.2 Å². The Bertz CT molecular complexity index is 386. The smallest absolute Gasteiger partial charge is 0.183 e. The lowest BCUT2D eigenvalue weighted by molar-refractivity contribution is 0.208. The molecule has 1 saturated heterocycles. The summed E-state index contributed by atoms with van der Waals surface area (Å²) in [6.07, 6.45) is 1.26. The van der Waals surface area contributed by atoms with Gasteiger partial charge in [-0.25, -0.2) is 14.4 Å². The highest BCUT2D eigenvalue weighted by Gasteiger charge is 2.22. The van der Waals surface area contributed by atoms with E-state index in [2.05, 4.69) is 28.7 Å². The molecule has 0 atom stereocenters. The molecule has 0 saturated carbocycles. The second-order valence-electron chi connectivity index (χ2n) is 4.71. The maximum Gasteiger partial charge on any atom is 0.183 e. The second kappa shape index (κ2) is 4.96. The van der Waals surface area contributed by atoms with Crippen LogP contribution >= 0.6 is 0 Å². The first-order chi connectivity index (χ1) is 8.08. The molecule has 5 heteroatoms. The van der Waals surface area contributed by atoms with Crippen LogP contribution in [0.2, 0.25) is 0 Å². The Labute approximate surface area is 101 Å².